The average Bonchev–Trinajstić information content (AvgIpc) is 2.62. The molecule has 2 unspecified atom stereocenters. The van der Waals surface area contributed by atoms with Gasteiger partial charge >= 0.3 is 0 Å². The van der Waals surface area contributed by atoms with E-state index in [9.17, 15) is 0 Å². The van der Waals surface area contributed by atoms with Gasteiger partial charge in [0.15, 0.2) is 0 Å². The molecule has 110 valence electrons. The van der Waals surface area contributed by atoms with Crippen molar-refractivity contribution < 1.29 is 0 Å². The molecule has 0 spiro atoms. The summed E-state index contributed by atoms with van der Waals surface area (Å²) in [5.41, 5.74) is 2.77. The molecular weight excluding hydrogens is 266 g/mol. The Labute approximate surface area is 132 Å². The van der Waals surface area contributed by atoms with E-state index >= 15 is 0 Å². The zero-order valence-corrected chi connectivity index (χ0v) is 12.8. The van der Waals surface area contributed by atoms with Gasteiger partial charge < -0.3 is 0 Å². The first-order valence-electron chi connectivity index (χ1n) is 8.32. The van der Waals surface area contributed by atoms with E-state index in [1.807, 2.05) is 6.20 Å². The highest BCUT2D eigenvalue weighted by atomic mass is 14.7. The molecule has 0 radical (unpaired) electrons. The van der Waals surface area contributed by atoms with Gasteiger partial charge in [-0.15, -0.1) is 0 Å². The summed E-state index contributed by atoms with van der Waals surface area (Å²) in [7, 11) is 0. The van der Waals surface area contributed by atoms with Gasteiger partial charge in [-0.3, -0.25) is 4.98 Å². The number of aromatic nitrogens is 1. The molecule has 2 atom stereocenters. The standard InChI is InChI=1S/C21H21N/c1-2-8-16(9-3-1)18-11-6-7-13-20(18)21-19-12-5-4-10-17(19)14-15-22-21/h1-5,8-10,12,14-15,18,20H,6-7,11,13H2. The van der Waals surface area contributed by atoms with Crippen LogP contribution in [0.4, 0.5) is 0 Å². The van der Waals surface area contributed by atoms with Gasteiger partial charge in [0.25, 0.3) is 0 Å². The summed E-state index contributed by atoms with van der Waals surface area (Å²) in [6, 6.07) is 21.8. The number of benzene rings is 2. The normalized spacial score (nSPS) is 21.8. The first kappa shape index (κ1) is 13.5. The van der Waals surface area contributed by atoms with Crippen LogP contribution in [0.5, 0.6) is 0 Å². The third-order valence-corrected chi connectivity index (χ3v) is 5.05. The Kier molecular flexibility index (Phi) is 3.64. The summed E-state index contributed by atoms with van der Waals surface area (Å²) in [5, 5.41) is 2.64. The second kappa shape index (κ2) is 5.92. The summed E-state index contributed by atoms with van der Waals surface area (Å²) in [4.78, 5) is 4.81. The summed E-state index contributed by atoms with van der Waals surface area (Å²) in [6.07, 6.45) is 7.16. The fourth-order valence-corrected chi connectivity index (χ4v) is 4.00. The van der Waals surface area contributed by atoms with Crippen LogP contribution in [-0.4, -0.2) is 4.98 Å². The lowest BCUT2D eigenvalue weighted by Crippen LogP contribution is -2.17. The van der Waals surface area contributed by atoms with E-state index in [4.69, 9.17) is 4.98 Å². The lowest BCUT2D eigenvalue weighted by Gasteiger charge is -2.32. The summed E-state index contributed by atoms with van der Waals surface area (Å²) < 4.78 is 0. The minimum atomic E-state index is 0.544. The Bertz CT molecular complexity index is 758. The van der Waals surface area contributed by atoms with E-state index in [1.165, 1.54) is 47.7 Å². The predicted molar refractivity (Wildman–Crippen MR) is 92.1 cm³/mol. The van der Waals surface area contributed by atoms with E-state index in [2.05, 4.69) is 60.7 Å². The third-order valence-electron chi connectivity index (χ3n) is 5.05. The Hall–Kier alpha value is -2.15. The molecule has 1 aliphatic rings. The predicted octanol–water partition coefficient (Wildman–Crippen LogP) is 5.68. The third kappa shape index (κ3) is 2.41. The van der Waals surface area contributed by atoms with Crippen LogP contribution in [0.1, 0.15) is 48.8 Å². The molecular formula is C21H21N. The van der Waals surface area contributed by atoms with Crippen molar-refractivity contribution in [3.05, 3.63) is 78.1 Å². The van der Waals surface area contributed by atoms with Gasteiger partial charge in [0.05, 0.1) is 5.69 Å². The highest BCUT2D eigenvalue weighted by Crippen LogP contribution is 2.44. The van der Waals surface area contributed by atoms with Crippen LogP contribution in [0.3, 0.4) is 0 Å². The first-order chi connectivity index (χ1) is 10.9. The van der Waals surface area contributed by atoms with Crippen molar-refractivity contribution in [2.45, 2.75) is 37.5 Å². The van der Waals surface area contributed by atoms with E-state index in [0.717, 1.165) is 0 Å². The van der Waals surface area contributed by atoms with Crippen LogP contribution in [0.25, 0.3) is 10.8 Å². The number of hydrogen-bond donors (Lipinski definition) is 0. The van der Waals surface area contributed by atoms with Crippen LogP contribution in [0.15, 0.2) is 66.9 Å². The molecule has 3 aromatic rings. The second-order valence-corrected chi connectivity index (χ2v) is 6.33. The number of pyridine rings is 1. The highest BCUT2D eigenvalue weighted by molar-refractivity contribution is 5.84. The number of nitrogens with zero attached hydrogens (tertiary/aromatic N) is 1. The fraction of sp³-hybridized carbons (Fsp3) is 0.286. The van der Waals surface area contributed by atoms with Crippen molar-refractivity contribution in [1.29, 1.82) is 0 Å². The van der Waals surface area contributed by atoms with Gasteiger partial charge in [0, 0.05) is 17.5 Å². The molecule has 1 aromatic heterocycles. The van der Waals surface area contributed by atoms with Crippen molar-refractivity contribution in [1.82, 2.24) is 4.98 Å². The molecule has 4 rings (SSSR count). The molecule has 1 fully saturated rings. The molecule has 2 aromatic carbocycles. The van der Waals surface area contributed by atoms with Crippen LogP contribution in [0.2, 0.25) is 0 Å². The first-order valence-corrected chi connectivity index (χ1v) is 8.32. The van der Waals surface area contributed by atoms with Crippen LogP contribution in [0, 0.1) is 0 Å². The largest absolute Gasteiger partial charge is 0.260 e. The van der Waals surface area contributed by atoms with Gasteiger partial charge in [-0.1, -0.05) is 67.4 Å². The fourth-order valence-electron chi connectivity index (χ4n) is 4.00. The lowest BCUT2D eigenvalue weighted by atomic mass is 9.73. The van der Waals surface area contributed by atoms with Gasteiger partial charge in [0.1, 0.15) is 0 Å². The molecule has 22 heavy (non-hydrogen) atoms. The molecule has 0 saturated heterocycles. The lowest BCUT2D eigenvalue weighted by molar-refractivity contribution is 0.382. The monoisotopic (exact) mass is 287 g/mol. The molecule has 1 aliphatic carbocycles. The molecule has 0 aliphatic heterocycles. The quantitative estimate of drug-likeness (QED) is 0.591. The summed E-state index contributed by atoms with van der Waals surface area (Å²) in [6.45, 7) is 0. The topological polar surface area (TPSA) is 12.9 Å². The molecule has 0 amide bonds. The van der Waals surface area contributed by atoms with E-state index in [0.29, 0.717) is 11.8 Å². The van der Waals surface area contributed by atoms with Crippen molar-refractivity contribution in [2.75, 3.05) is 0 Å². The van der Waals surface area contributed by atoms with Crippen LogP contribution < -0.4 is 0 Å². The number of hydrogen-bond acceptors (Lipinski definition) is 1. The minimum Gasteiger partial charge on any atom is -0.260 e. The molecule has 1 nitrogen and oxygen atoms in total. The van der Waals surface area contributed by atoms with Crippen molar-refractivity contribution in [3.63, 3.8) is 0 Å². The van der Waals surface area contributed by atoms with Crippen LogP contribution in [-0.2, 0) is 0 Å². The zero-order chi connectivity index (χ0) is 14.8. The Morgan fingerprint density at radius 1 is 0.727 bits per heavy atom. The Morgan fingerprint density at radius 3 is 2.32 bits per heavy atom. The molecule has 0 N–H and O–H groups in total. The SMILES string of the molecule is c1ccc(C2CCCCC2c2nccc3ccccc23)cc1. The highest BCUT2D eigenvalue weighted by Gasteiger charge is 2.29. The van der Waals surface area contributed by atoms with Crippen molar-refractivity contribution in [2.24, 2.45) is 0 Å². The van der Waals surface area contributed by atoms with E-state index < -0.39 is 0 Å². The minimum absolute atomic E-state index is 0.544. The van der Waals surface area contributed by atoms with Gasteiger partial charge in [-0.2, -0.15) is 0 Å². The molecule has 0 bridgehead atoms. The van der Waals surface area contributed by atoms with Gasteiger partial charge in [-0.05, 0) is 35.8 Å². The maximum Gasteiger partial charge on any atom is 0.0518 e. The molecule has 1 saturated carbocycles. The van der Waals surface area contributed by atoms with Crippen molar-refractivity contribution in [3.8, 4) is 0 Å². The molecule has 1 heteroatoms. The molecule has 1 heterocycles. The maximum absolute atomic E-state index is 4.81. The zero-order valence-electron chi connectivity index (χ0n) is 12.8. The van der Waals surface area contributed by atoms with Crippen molar-refractivity contribution >= 4 is 10.8 Å². The second-order valence-electron chi connectivity index (χ2n) is 6.33. The van der Waals surface area contributed by atoms with E-state index in [1.54, 1.807) is 0 Å². The maximum atomic E-state index is 4.81. The van der Waals surface area contributed by atoms with Crippen LogP contribution >= 0.6 is 0 Å². The number of fused-ring (bicyclic) bond motifs is 1. The Morgan fingerprint density at radius 2 is 1.45 bits per heavy atom. The van der Waals surface area contributed by atoms with Gasteiger partial charge in [-0.25, -0.2) is 0 Å². The summed E-state index contributed by atoms with van der Waals surface area (Å²) in [5.74, 6) is 1.15. The van der Waals surface area contributed by atoms with E-state index in [-0.39, 0.29) is 0 Å². The summed E-state index contributed by atoms with van der Waals surface area (Å²) >= 11 is 0. The average molecular weight is 287 g/mol. The number of rotatable bonds is 2. The smallest absolute Gasteiger partial charge is 0.0518 e. The Balaban J connectivity index is 1.81. The van der Waals surface area contributed by atoms with Gasteiger partial charge in [0.2, 0.25) is 0 Å².